The molecule has 0 saturated carbocycles. The van der Waals surface area contributed by atoms with Gasteiger partial charge in [0.1, 0.15) is 0 Å². The number of hydrogen-bond acceptors (Lipinski definition) is 5. The molecule has 2 aromatic rings. The monoisotopic (exact) mass is 361 g/mol. The third-order valence-electron chi connectivity index (χ3n) is 3.67. The van der Waals surface area contributed by atoms with E-state index < -0.39 is 0 Å². The zero-order chi connectivity index (χ0) is 18.2. The van der Waals surface area contributed by atoms with Gasteiger partial charge in [0.15, 0.2) is 5.16 Å². The highest BCUT2D eigenvalue weighted by molar-refractivity contribution is 7.99. The van der Waals surface area contributed by atoms with Crippen LogP contribution in [0.1, 0.15) is 30.7 Å². The summed E-state index contributed by atoms with van der Waals surface area (Å²) in [5, 5.41) is 3.41. The number of hydrogen-bond donors (Lipinski definition) is 2. The molecule has 1 amide bonds. The molecule has 134 valence electrons. The zero-order valence-corrected chi connectivity index (χ0v) is 15.5. The van der Waals surface area contributed by atoms with Crippen molar-refractivity contribution < 1.29 is 9.53 Å². The van der Waals surface area contributed by atoms with E-state index in [9.17, 15) is 9.59 Å². The number of ether oxygens (including phenoxy) is 1. The van der Waals surface area contributed by atoms with Crippen LogP contribution in [0.2, 0.25) is 0 Å². The number of rotatable bonds is 8. The van der Waals surface area contributed by atoms with E-state index >= 15 is 0 Å². The van der Waals surface area contributed by atoms with Crippen molar-refractivity contribution >= 4 is 23.4 Å². The lowest BCUT2D eigenvalue weighted by molar-refractivity contribution is -0.113. The second-order valence-corrected chi connectivity index (χ2v) is 6.43. The summed E-state index contributed by atoms with van der Waals surface area (Å²) in [5.41, 5.74) is 3.42. The first-order valence-electron chi connectivity index (χ1n) is 8.19. The quantitative estimate of drug-likeness (QED) is 0.558. The Labute approximate surface area is 151 Å². The van der Waals surface area contributed by atoms with Crippen molar-refractivity contribution in [3.8, 4) is 0 Å². The highest BCUT2D eigenvalue weighted by Gasteiger charge is 2.11. The number of aryl methyl sites for hydroxylation is 2. The topological polar surface area (TPSA) is 84.1 Å². The number of anilines is 1. The number of nitrogens with one attached hydrogen (secondary N) is 2. The van der Waals surface area contributed by atoms with E-state index in [1.807, 2.05) is 18.2 Å². The zero-order valence-electron chi connectivity index (χ0n) is 14.7. The summed E-state index contributed by atoms with van der Waals surface area (Å²) in [6.07, 6.45) is 1.70. The van der Waals surface area contributed by atoms with E-state index in [-0.39, 0.29) is 23.8 Å². The maximum Gasteiger partial charge on any atom is 0.251 e. The van der Waals surface area contributed by atoms with Gasteiger partial charge in [-0.05, 0) is 24.0 Å². The predicted molar refractivity (Wildman–Crippen MR) is 100 cm³/mol. The molecule has 2 rings (SSSR count). The minimum absolute atomic E-state index is 0.125. The van der Waals surface area contributed by atoms with Crippen molar-refractivity contribution in [1.29, 1.82) is 0 Å². The van der Waals surface area contributed by atoms with Crippen molar-refractivity contribution in [2.75, 3.05) is 18.2 Å². The molecule has 1 aromatic heterocycles. The van der Waals surface area contributed by atoms with Crippen molar-refractivity contribution in [3.63, 3.8) is 0 Å². The minimum atomic E-state index is -0.255. The van der Waals surface area contributed by atoms with Crippen LogP contribution in [0.25, 0.3) is 0 Å². The molecule has 0 aliphatic carbocycles. The molecule has 7 heteroatoms. The summed E-state index contributed by atoms with van der Waals surface area (Å²) in [7, 11) is 1.54. The van der Waals surface area contributed by atoms with Crippen molar-refractivity contribution in [3.05, 3.63) is 51.4 Å². The molecule has 6 nitrogen and oxygen atoms in total. The van der Waals surface area contributed by atoms with Crippen LogP contribution in [-0.4, -0.2) is 28.7 Å². The number of carbonyl (C=O) groups is 1. The molecule has 1 heterocycles. The number of nitrogens with zero attached hydrogens (tertiary/aromatic N) is 1. The molecule has 0 bridgehead atoms. The normalized spacial score (nSPS) is 10.7. The van der Waals surface area contributed by atoms with Crippen LogP contribution >= 0.6 is 11.8 Å². The molecule has 25 heavy (non-hydrogen) atoms. The maximum atomic E-state index is 12.3. The standard InChI is InChI=1S/C18H23N3O3S/c1-4-12-7-6-8-13(5-2)17(12)20-16(23)11-25-18-19-14(10-24-3)9-15(22)21-18/h6-9H,4-5,10-11H2,1-3H3,(H,20,23)(H,19,21,22). The minimum Gasteiger partial charge on any atom is -0.378 e. The SMILES string of the molecule is CCc1cccc(CC)c1NC(=O)CSc1nc(COC)cc(=O)[nH]1. The van der Waals surface area contributed by atoms with Gasteiger partial charge in [-0.1, -0.05) is 43.8 Å². The van der Waals surface area contributed by atoms with Gasteiger partial charge in [0.05, 0.1) is 18.1 Å². The van der Waals surface area contributed by atoms with E-state index in [1.54, 1.807) is 7.11 Å². The number of aromatic nitrogens is 2. The van der Waals surface area contributed by atoms with E-state index in [4.69, 9.17) is 4.74 Å². The summed E-state index contributed by atoms with van der Waals surface area (Å²) < 4.78 is 4.99. The number of para-hydroxylation sites is 1. The van der Waals surface area contributed by atoms with Crippen LogP contribution in [0.4, 0.5) is 5.69 Å². The average Bonchev–Trinajstić information content (AvgIpc) is 2.60. The third kappa shape index (κ3) is 5.44. The van der Waals surface area contributed by atoms with Crippen LogP contribution in [0, 0.1) is 0 Å². The molecule has 0 spiro atoms. The van der Waals surface area contributed by atoms with E-state index in [2.05, 4.69) is 29.1 Å². The number of carbonyl (C=O) groups excluding carboxylic acids is 1. The van der Waals surface area contributed by atoms with Crippen LogP contribution in [0.15, 0.2) is 34.2 Å². The maximum absolute atomic E-state index is 12.3. The Morgan fingerprint density at radius 2 is 1.96 bits per heavy atom. The van der Waals surface area contributed by atoms with Gasteiger partial charge >= 0.3 is 0 Å². The first-order valence-corrected chi connectivity index (χ1v) is 9.18. The smallest absolute Gasteiger partial charge is 0.251 e. The summed E-state index contributed by atoms with van der Waals surface area (Å²) in [6, 6.07) is 7.45. The molecule has 0 aliphatic heterocycles. The Morgan fingerprint density at radius 3 is 2.56 bits per heavy atom. The van der Waals surface area contributed by atoms with E-state index in [0.29, 0.717) is 10.9 Å². The van der Waals surface area contributed by atoms with Crippen LogP contribution < -0.4 is 10.9 Å². The number of thioether (sulfide) groups is 1. The van der Waals surface area contributed by atoms with Gasteiger partial charge in [-0.25, -0.2) is 4.98 Å². The molecule has 0 unspecified atom stereocenters. The van der Waals surface area contributed by atoms with Gasteiger partial charge in [0, 0.05) is 18.9 Å². The number of aromatic amines is 1. The summed E-state index contributed by atoms with van der Waals surface area (Å²) >= 11 is 1.19. The van der Waals surface area contributed by atoms with Gasteiger partial charge in [0.2, 0.25) is 5.91 Å². The third-order valence-corrected chi connectivity index (χ3v) is 4.54. The second kappa shape index (κ2) is 9.39. The van der Waals surface area contributed by atoms with Gasteiger partial charge in [-0.15, -0.1) is 0 Å². The second-order valence-electron chi connectivity index (χ2n) is 5.47. The average molecular weight is 361 g/mol. The fourth-order valence-electron chi connectivity index (χ4n) is 2.49. The molecule has 0 radical (unpaired) electrons. The Morgan fingerprint density at radius 1 is 1.28 bits per heavy atom. The van der Waals surface area contributed by atoms with Crippen LogP contribution in [0.5, 0.6) is 0 Å². The summed E-state index contributed by atoms with van der Waals surface area (Å²) in [6.45, 7) is 4.39. The van der Waals surface area contributed by atoms with Crippen molar-refractivity contribution in [2.45, 2.75) is 38.5 Å². The Hall–Kier alpha value is -2.12. The molecular weight excluding hydrogens is 338 g/mol. The molecule has 0 aliphatic rings. The lowest BCUT2D eigenvalue weighted by Crippen LogP contribution is -2.18. The number of H-pyrrole nitrogens is 1. The Balaban J connectivity index is 2.06. The fraction of sp³-hybridized carbons (Fsp3) is 0.389. The largest absolute Gasteiger partial charge is 0.378 e. The van der Waals surface area contributed by atoms with E-state index in [1.165, 1.54) is 17.8 Å². The Bertz CT molecular complexity index is 767. The lowest BCUT2D eigenvalue weighted by atomic mass is 10.0. The molecular formula is C18H23N3O3S. The van der Waals surface area contributed by atoms with Crippen molar-refractivity contribution in [2.24, 2.45) is 0 Å². The van der Waals surface area contributed by atoms with Crippen LogP contribution in [0.3, 0.4) is 0 Å². The Kier molecular flexibility index (Phi) is 7.21. The molecule has 2 N–H and O–H groups in total. The summed E-state index contributed by atoms with van der Waals surface area (Å²) in [5.74, 6) is 0.0426. The van der Waals surface area contributed by atoms with Gasteiger partial charge in [-0.2, -0.15) is 0 Å². The predicted octanol–water partition coefficient (Wildman–Crippen LogP) is 2.77. The molecule has 1 aromatic carbocycles. The van der Waals surface area contributed by atoms with Gasteiger partial charge in [-0.3, -0.25) is 9.59 Å². The number of amides is 1. The lowest BCUT2D eigenvalue weighted by Gasteiger charge is -2.14. The molecule has 0 atom stereocenters. The highest BCUT2D eigenvalue weighted by atomic mass is 32.2. The number of methoxy groups -OCH3 is 1. The van der Waals surface area contributed by atoms with Gasteiger partial charge < -0.3 is 15.0 Å². The number of benzene rings is 1. The fourth-order valence-corrected chi connectivity index (χ4v) is 3.18. The van der Waals surface area contributed by atoms with Crippen LogP contribution in [-0.2, 0) is 29.0 Å². The van der Waals surface area contributed by atoms with Gasteiger partial charge in [0.25, 0.3) is 5.56 Å². The summed E-state index contributed by atoms with van der Waals surface area (Å²) in [4.78, 5) is 30.9. The molecule has 0 saturated heterocycles. The first kappa shape index (κ1) is 19.2. The van der Waals surface area contributed by atoms with E-state index in [0.717, 1.165) is 29.7 Å². The van der Waals surface area contributed by atoms with Crippen molar-refractivity contribution in [1.82, 2.24) is 9.97 Å². The first-order chi connectivity index (χ1) is 12.1. The molecule has 0 fully saturated rings. The highest BCUT2D eigenvalue weighted by Crippen LogP contribution is 2.23.